The number of nitro benzene ring substituents is 1. The zero-order valence-electron chi connectivity index (χ0n) is 12.8. The summed E-state index contributed by atoms with van der Waals surface area (Å²) >= 11 is 2.67. The number of anilines is 1. The average Bonchev–Trinajstić information content (AvgIpc) is 3.08. The van der Waals surface area contributed by atoms with Gasteiger partial charge in [-0.2, -0.15) is 0 Å². The highest BCUT2D eigenvalue weighted by atomic mass is 32.2. The van der Waals surface area contributed by atoms with Gasteiger partial charge in [-0.25, -0.2) is 0 Å². The summed E-state index contributed by atoms with van der Waals surface area (Å²) in [6.45, 7) is 0. The summed E-state index contributed by atoms with van der Waals surface area (Å²) < 4.78 is 0.676. The van der Waals surface area contributed by atoms with Crippen molar-refractivity contribution in [1.29, 1.82) is 0 Å². The highest BCUT2D eigenvalue weighted by molar-refractivity contribution is 8.00. The first-order valence-electron chi connectivity index (χ1n) is 7.18. The molecule has 0 aliphatic carbocycles. The van der Waals surface area contributed by atoms with Crippen molar-refractivity contribution in [3.8, 4) is 0 Å². The van der Waals surface area contributed by atoms with E-state index >= 15 is 0 Å². The maximum Gasteiger partial charge on any atom is 0.269 e. The molecule has 0 aliphatic rings. The van der Waals surface area contributed by atoms with Crippen molar-refractivity contribution >= 4 is 39.8 Å². The van der Waals surface area contributed by atoms with Crippen LogP contribution in [-0.2, 0) is 5.75 Å². The van der Waals surface area contributed by atoms with Gasteiger partial charge in [-0.1, -0.05) is 53.4 Å². The topological polar surface area (TPSA) is 98.0 Å². The van der Waals surface area contributed by atoms with E-state index in [1.54, 1.807) is 30.3 Å². The largest absolute Gasteiger partial charge is 0.296 e. The number of nitrogens with one attached hydrogen (secondary N) is 1. The summed E-state index contributed by atoms with van der Waals surface area (Å²) in [6, 6.07) is 15.3. The van der Waals surface area contributed by atoms with Gasteiger partial charge in [-0.15, -0.1) is 10.2 Å². The molecule has 25 heavy (non-hydrogen) atoms. The lowest BCUT2D eigenvalue weighted by Crippen LogP contribution is -2.11. The minimum absolute atomic E-state index is 0.0613. The Kier molecular flexibility index (Phi) is 5.36. The van der Waals surface area contributed by atoms with Crippen molar-refractivity contribution in [3.05, 3.63) is 75.8 Å². The summed E-state index contributed by atoms with van der Waals surface area (Å²) in [7, 11) is 0. The Hall–Kier alpha value is -2.78. The Balaban J connectivity index is 1.59. The Labute approximate surface area is 151 Å². The summed E-state index contributed by atoms with van der Waals surface area (Å²) in [4.78, 5) is 22.4. The third-order valence-corrected chi connectivity index (χ3v) is 5.19. The number of rotatable bonds is 6. The molecule has 1 amide bonds. The SMILES string of the molecule is O=C(Nc1nnc(SCc2cccc([N+](=O)[O-])c2)s1)c1ccccc1. The first-order valence-corrected chi connectivity index (χ1v) is 8.98. The first kappa shape index (κ1) is 17.1. The molecule has 0 bridgehead atoms. The lowest BCUT2D eigenvalue weighted by Gasteiger charge is -2.00. The van der Waals surface area contributed by atoms with Crippen LogP contribution in [0, 0.1) is 10.1 Å². The number of carbonyl (C=O) groups is 1. The van der Waals surface area contributed by atoms with Gasteiger partial charge in [-0.3, -0.25) is 20.2 Å². The number of nitro groups is 1. The number of nitrogens with zero attached hydrogens (tertiary/aromatic N) is 3. The number of amides is 1. The number of thioether (sulfide) groups is 1. The second-order valence-electron chi connectivity index (χ2n) is 4.91. The molecule has 0 radical (unpaired) electrons. The molecule has 0 fully saturated rings. The maximum absolute atomic E-state index is 12.1. The van der Waals surface area contributed by atoms with E-state index in [-0.39, 0.29) is 11.6 Å². The number of benzene rings is 2. The summed E-state index contributed by atoms with van der Waals surface area (Å²) in [5, 5.41) is 21.9. The number of non-ortho nitro benzene ring substituents is 1. The van der Waals surface area contributed by atoms with Crippen molar-refractivity contribution in [1.82, 2.24) is 10.2 Å². The number of hydrogen-bond donors (Lipinski definition) is 1. The smallest absolute Gasteiger partial charge is 0.269 e. The molecule has 1 heterocycles. The Morgan fingerprint density at radius 3 is 2.72 bits per heavy atom. The first-order chi connectivity index (χ1) is 12.1. The summed E-state index contributed by atoms with van der Waals surface area (Å²) in [5.74, 6) is 0.287. The monoisotopic (exact) mass is 372 g/mol. The molecule has 7 nitrogen and oxygen atoms in total. The molecule has 126 valence electrons. The van der Waals surface area contributed by atoms with E-state index in [1.165, 1.54) is 35.2 Å². The number of hydrogen-bond acceptors (Lipinski definition) is 7. The van der Waals surface area contributed by atoms with Gasteiger partial charge in [0.25, 0.3) is 11.6 Å². The minimum Gasteiger partial charge on any atom is -0.296 e. The second kappa shape index (κ2) is 7.86. The Morgan fingerprint density at radius 2 is 1.96 bits per heavy atom. The highest BCUT2D eigenvalue weighted by Crippen LogP contribution is 2.29. The molecule has 9 heteroatoms. The normalized spacial score (nSPS) is 10.4. The van der Waals surface area contributed by atoms with Crippen LogP contribution in [0.5, 0.6) is 0 Å². The van der Waals surface area contributed by atoms with E-state index in [4.69, 9.17) is 0 Å². The van der Waals surface area contributed by atoms with Crippen LogP contribution < -0.4 is 5.32 Å². The van der Waals surface area contributed by atoms with Crippen molar-refractivity contribution in [2.45, 2.75) is 10.1 Å². The van der Waals surface area contributed by atoms with Gasteiger partial charge in [0.15, 0.2) is 4.34 Å². The van der Waals surface area contributed by atoms with Crippen molar-refractivity contribution in [2.75, 3.05) is 5.32 Å². The molecule has 0 saturated carbocycles. The third kappa shape index (κ3) is 4.61. The lowest BCUT2D eigenvalue weighted by atomic mass is 10.2. The van der Waals surface area contributed by atoms with Crippen LogP contribution in [0.4, 0.5) is 10.8 Å². The van der Waals surface area contributed by atoms with Crippen LogP contribution in [0.3, 0.4) is 0 Å². The van der Waals surface area contributed by atoms with Crippen LogP contribution in [0.1, 0.15) is 15.9 Å². The molecule has 0 unspecified atom stereocenters. The van der Waals surface area contributed by atoms with Crippen LogP contribution >= 0.6 is 23.1 Å². The van der Waals surface area contributed by atoms with Crippen molar-refractivity contribution in [2.24, 2.45) is 0 Å². The van der Waals surface area contributed by atoms with E-state index in [0.29, 0.717) is 20.8 Å². The van der Waals surface area contributed by atoms with Gasteiger partial charge in [0, 0.05) is 23.4 Å². The van der Waals surface area contributed by atoms with E-state index < -0.39 is 4.92 Å². The summed E-state index contributed by atoms with van der Waals surface area (Å²) in [6.07, 6.45) is 0. The fraction of sp³-hybridized carbons (Fsp3) is 0.0625. The van der Waals surface area contributed by atoms with Gasteiger partial charge in [0.2, 0.25) is 5.13 Å². The Morgan fingerprint density at radius 1 is 1.16 bits per heavy atom. The van der Waals surface area contributed by atoms with Gasteiger partial charge in [-0.05, 0) is 17.7 Å². The lowest BCUT2D eigenvalue weighted by molar-refractivity contribution is -0.384. The highest BCUT2D eigenvalue weighted by Gasteiger charge is 2.11. The molecule has 0 atom stereocenters. The zero-order chi connectivity index (χ0) is 17.6. The molecule has 0 spiro atoms. The predicted octanol–water partition coefficient (Wildman–Crippen LogP) is 3.99. The van der Waals surface area contributed by atoms with E-state index in [1.807, 2.05) is 12.1 Å². The molecule has 0 aliphatic heterocycles. The molecule has 1 aromatic heterocycles. The van der Waals surface area contributed by atoms with Crippen LogP contribution in [0.15, 0.2) is 58.9 Å². The standard InChI is InChI=1S/C16H12N4O3S2/c21-14(12-6-2-1-3-7-12)17-15-18-19-16(25-15)24-10-11-5-4-8-13(9-11)20(22)23/h1-9H,10H2,(H,17,18,21). The van der Waals surface area contributed by atoms with Crippen LogP contribution in [0.2, 0.25) is 0 Å². The molecule has 0 saturated heterocycles. The van der Waals surface area contributed by atoms with Gasteiger partial charge in [0.05, 0.1) is 4.92 Å². The van der Waals surface area contributed by atoms with Gasteiger partial charge >= 0.3 is 0 Å². The Bertz CT molecular complexity index is 899. The molecular weight excluding hydrogens is 360 g/mol. The van der Waals surface area contributed by atoms with Crippen molar-refractivity contribution in [3.63, 3.8) is 0 Å². The quantitative estimate of drug-likeness (QED) is 0.304. The molecule has 3 aromatic rings. The van der Waals surface area contributed by atoms with Crippen LogP contribution in [0.25, 0.3) is 0 Å². The fourth-order valence-corrected chi connectivity index (χ4v) is 3.67. The van der Waals surface area contributed by atoms with E-state index in [9.17, 15) is 14.9 Å². The minimum atomic E-state index is -0.420. The molecule has 2 aromatic carbocycles. The third-order valence-electron chi connectivity index (χ3n) is 3.15. The van der Waals surface area contributed by atoms with Gasteiger partial charge < -0.3 is 0 Å². The van der Waals surface area contributed by atoms with E-state index in [0.717, 1.165) is 5.56 Å². The van der Waals surface area contributed by atoms with E-state index in [2.05, 4.69) is 15.5 Å². The fourth-order valence-electron chi connectivity index (χ4n) is 1.98. The number of aromatic nitrogens is 2. The van der Waals surface area contributed by atoms with Gasteiger partial charge in [0.1, 0.15) is 0 Å². The molecule has 3 rings (SSSR count). The van der Waals surface area contributed by atoms with Crippen molar-refractivity contribution < 1.29 is 9.72 Å². The van der Waals surface area contributed by atoms with Crippen LogP contribution in [-0.4, -0.2) is 21.0 Å². The summed E-state index contributed by atoms with van der Waals surface area (Å²) in [5.41, 5.74) is 1.43. The second-order valence-corrected chi connectivity index (χ2v) is 7.11. The predicted molar refractivity (Wildman–Crippen MR) is 97.0 cm³/mol. The average molecular weight is 372 g/mol. The molecule has 1 N–H and O–H groups in total. The zero-order valence-corrected chi connectivity index (χ0v) is 14.4. The number of carbonyl (C=O) groups excluding carboxylic acids is 1. The molecular formula is C16H12N4O3S2. The maximum atomic E-state index is 12.1.